The van der Waals surface area contributed by atoms with Crippen LogP contribution in [0.25, 0.3) is 5.57 Å². The third-order valence-electron chi connectivity index (χ3n) is 6.07. The number of piperazine rings is 1. The summed E-state index contributed by atoms with van der Waals surface area (Å²) in [4.78, 5) is 25.4. The average Bonchev–Trinajstić information content (AvgIpc) is 2.97. The Morgan fingerprint density at radius 3 is 1.80 bits per heavy atom. The molecule has 0 aromatic heterocycles. The van der Waals surface area contributed by atoms with Crippen molar-refractivity contribution in [2.24, 2.45) is 9.98 Å². The molecule has 3 rings (SSSR count). The Morgan fingerprint density at radius 1 is 0.976 bits per heavy atom. The van der Waals surface area contributed by atoms with E-state index in [2.05, 4.69) is 40.7 Å². The predicted octanol–water partition coefficient (Wildman–Crippen LogP) is 5.89. The van der Waals surface area contributed by atoms with E-state index in [9.17, 15) is 13.6 Å². The second-order valence-corrected chi connectivity index (χ2v) is 9.28. The third kappa shape index (κ3) is 12.0. The van der Waals surface area contributed by atoms with Crippen LogP contribution in [-0.2, 0) is 4.79 Å². The molecule has 1 aliphatic heterocycles. The number of rotatable bonds is 7. The minimum atomic E-state index is -0.272. The van der Waals surface area contributed by atoms with E-state index in [1.807, 2.05) is 43.8 Å². The van der Waals surface area contributed by atoms with E-state index in [0.29, 0.717) is 12.1 Å². The summed E-state index contributed by atoms with van der Waals surface area (Å²) >= 11 is 0. The Bertz CT molecular complexity index is 1260. The molecule has 1 heterocycles. The maximum absolute atomic E-state index is 12.5. The Hall–Kier alpha value is -4.51. The van der Waals surface area contributed by atoms with E-state index in [1.165, 1.54) is 24.3 Å². The lowest BCUT2D eigenvalue weighted by atomic mass is 10.1. The highest BCUT2D eigenvalue weighted by molar-refractivity contribution is 6.12. The number of nitrogens with zero attached hydrogens (tertiary/aromatic N) is 5. The van der Waals surface area contributed by atoms with Crippen molar-refractivity contribution >= 4 is 23.9 Å². The van der Waals surface area contributed by atoms with E-state index in [1.54, 1.807) is 31.3 Å². The van der Waals surface area contributed by atoms with Gasteiger partial charge in [0, 0.05) is 71.1 Å². The number of allylic oxidation sites excluding steroid dienone is 2. The fourth-order valence-corrected chi connectivity index (χ4v) is 3.64. The van der Waals surface area contributed by atoms with Crippen molar-refractivity contribution in [2.75, 3.05) is 47.3 Å². The zero-order valence-corrected chi connectivity index (χ0v) is 24.8. The lowest BCUT2D eigenvalue weighted by molar-refractivity contribution is -0.132. The van der Waals surface area contributed by atoms with Gasteiger partial charge in [-0.2, -0.15) is 0 Å². The van der Waals surface area contributed by atoms with Crippen molar-refractivity contribution in [1.29, 1.82) is 0 Å². The number of amides is 1. The van der Waals surface area contributed by atoms with Crippen LogP contribution in [-0.4, -0.2) is 80.4 Å². The van der Waals surface area contributed by atoms with Crippen LogP contribution in [0, 0.1) is 24.0 Å². The molecule has 0 bridgehead atoms. The summed E-state index contributed by atoms with van der Waals surface area (Å²) in [5.74, 6) is 2.95. The molecule has 1 aliphatic rings. The molecular formula is C33H41F2N5O. The SMILES string of the molecule is C#CC(=NC)c1ccc(F)cc1.C=C(C)c1ccc(F)cc1.C=N/C(=C\C(=C)N1CCN(C(=O)CC)CC1)N(C)C. The molecule has 0 radical (unpaired) electrons. The molecule has 1 fully saturated rings. The Balaban J connectivity index is 0.000000328. The van der Waals surface area contributed by atoms with Gasteiger partial charge < -0.3 is 14.7 Å². The van der Waals surface area contributed by atoms with E-state index < -0.39 is 0 Å². The highest BCUT2D eigenvalue weighted by Crippen LogP contribution is 2.13. The highest BCUT2D eigenvalue weighted by atomic mass is 19.1. The molecule has 2 aromatic carbocycles. The summed E-state index contributed by atoms with van der Waals surface area (Å²) in [7, 11) is 5.45. The molecule has 0 N–H and O–H groups in total. The van der Waals surface area contributed by atoms with E-state index >= 15 is 0 Å². The largest absolute Gasteiger partial charge is 0.368 e. The Labute approximate surface area is 244 Å². The standard InChI is InChI=1S/C14H24N4O.C10H8FN.C9H9F/c1-6-14(19)18-9-7-17(8-10-18)12(2)11-13(15-3)16(4)5;1-3-10(12-2)8-4-6-9(11)7-5-8;1-7(2)8-3-5-9(10)6-4-8/h11H,2-3,6-10H2,1,4-5H3;1,4-7H,2H3;3-6H,1H2,2H3/b13-11+;;. The number of halogens is 2. The number of aliphatic imine (C=N–C) groups is 2. The van der Waals surface area contributed by atoms with E-state index in [0.717, 1.165) is 54.4 Å². The van der Waals surface area contributed by atoms with Gasteiger partial charge in [0.15, 0.2) is 0 Å². The van der Waals surface area contributed by atoms with Gasteiger partial charge in [0.25, 0.3) is 0 Å². The van der Waals surface area contributed by atoms with Crippen molar-refractivity contribution in [1.82, 2.24) is 14.7 Å². The first-order chi connectivity index (χ1) is 19.5. The van der Waals surface area contributed by atoms with Crippen LogP contribution in [0.4, 0.5) is 8.78 Å². The van der Waals surface area contributed by atoms with Crippen molar-refractivity contribution in [3.8, 4) is 12.3 Å². The van der Waals surface area contributed by atoms with Crippen molar-refractivity contribution < 1.29 is 13.6 Å². The Kier molecular flexibility index (Phi) is 15.1. The molecule has 0 saturated carbocycles. The van der Waals surface area contributed by atoms with Crippen LogP contribution in [0.3, 0.4) is 0 Å². The van der Waals surface area contributed by atoms with Crippen LogP contribution >= 0.6 is 0 Å². The van der Waals surface area contributed by atoms with Crippen LogP contribution in [0.2, 0.25) is 0 Å². The molecule has 0 unspecified atom stereocenters. The lowest BCUT2D eigenvalue weighted by Crippen LogP contribution is -2.47. The topological polar surface area (TPSA) is 51.5 Å². The van der Waals surface area contributed by atoms with Crippen molar-refractivity contribution in [3.05, 3.63) is 102 Å². The van der Waals surface area contributed by atoms with Gasteiger partial charge in [-0.1, -0.05) is 43.7 Å². The molecule has 41 heavy (non-hydrogen) atoms. The number of hydrogen-bond acceptors (Lipinski definition) is 5. The van der Waals surface area contributed by atoms with Gasteiger partial charge in [-0.05, 0) is 55.6 Å². The number of hydrogen-bond donors (Lipinski definition) is 0. The molecular weight excluding hydrogens is 520 g/mol. The maximum Gasteiger partial charge on any atom is 0.222 e. The monoisotopic (exact) mass is 561 g/mol. The van der Waals surface area contributed by atoms with Gasteiger partial charge in [-0.3, -0.25) is 9.79 Å². The zero-order valence-electron chi connectivity index (χ0n) is 24.8. The first-order valence-electron chi connectivity index (χ1n) is 13.1. The second kappa shape index (κ2) is 18.0. The summed E-state index contributed by atoms with van der Waals surface area (Å²) in [6.45, 7) is 18.3. The van der Waals surface area contributed by atoms with Crippen LogP contribution < -0.4 is 0 Å². The normalized spacial score (nSPS) is 13.0. The molecule has 1 saturated heterocycles. The molecule has 6 nitrogen and oxygen atoms in total. The van der Waals surface area contributed by atoms with Gasteiger partial charge in [-0.25, -0.2) is 13.8 Å². The summed E-state index contributed by atoms with van der Waals surface area (Å²) in [6, 6.07) is 12.2. The van der Waals surface area contributed by atoms with Crippen molar-refractivity contribution in [2.45, 2.75) is 20.3 Å². The quantitative estimate of drug-likeness (QED) is 0.241. The zero-order chi connectivity index (χ0) is 30.9. The van der Waals surface area contributed by atoms with Gasteiger partial charge in [0.2, 0.25) is 5.91 Å². The number of benzene rings is 2. The highest BCUT2D eigenvalue weighted by Gasteiger charge is 2.20. The van der Waals surface area contributed by atoms with Crippen LogP contribution in [0.1, 0.15) is 31.4 Å². The lowest BCUT2D eigenvalue weighted by Gasteiger charge is -2.36. The maximum atomic E-state index is 12.5. The Morgan fingerprint density at radius 2 is 1.44 bits per heavy atom. The molecule has 1 amide bonds. The van der Waals surface area contributed by atoms with Gasteiger partial charge in [0.1, 0.15) is 23.2 Å². The summed E-state index contributed by atoms with van der Waals surface area (Å²) < 4.78 is 24.8. The van der Waals surface area contributed by atoms with Gasteiger partial charge in [-0.15, -0.1) is 6.42 Å². The molecule has 0 spiro atoms. The smallest absolute Gasteiger partial charge is 0.222 e. The first-order valence-corrected chi connectivity index (χ1v) is 13.1. The summed E-state index contributed by atoms with van der Waals surface area (Å²) in [6.07, 6.45) is 7.68. The van der Waals surface area contributed by atoms with Gasteiger partial charge >= 0.3 is 0 Å². The van der Waals surface area contributed by atoms with Crippen LogP contribution in [0.5, 0.6) is 0 Å². The van der Waals surface area contributed by atoms with E-state index in [4.69, 9.17) is 6.42 Å². The molecule has 0 aliphatic carbocycles. The third-order valence-corrected chi connectivity index (χ3v) is 6.07. The minimum Gasteiger partial charge on any atom is -0.368 e. The number of carbonyl (C=O) groups excluding carboxylic acids is 1. The summed E-state index contributed by atoms with van der Waals surface area (Å²) in [5.41, 5.74) is 4.16. The molecule has 2 aromatic rings. The molecule has 0 atom stereocenters. The predicted molar refractivity (Wildman–Crippen MR) is 168 cm³/mol. The fourth-order valence-electron chi connectivity index (χ4n) is 3.64. The average molecular weight is 562 g/mol. The minimum absolute atomic E-state index is 0.204. The number of terminal acetylenes is 1. The van der Waals surface area contributed by atoms with Crippen molar-refractivity contribution in [3.63, 3.8) is 0 Å². The fraction of sp³-hybridized carbons (Fsp3) is 0.303. The molecule has 218 valence electrons. The molecule has 8 heteroatoms. The van der Waals surface area contributed by atoms with Gasteiger partial charge in [0.05, 0.1) is 0 Å². The second-order valence-electron chi connectivity index (χ2n) is 9.28. The van der Waals surface area contributed by atoms with E-state index in [-0.39, 0.29) is 17.5 Å². The summed E-state index contributed by atoms with van der Waals surface area (Å²) in [5, 5.41) is 0. The van der Waals surface area contributed by atoms with Crippen LogP contribution in [0.15, 0.2) is 89.3 Å². The number of carbonyl (C=O) groups is 1. The first kappa shape index (κ1) is 34.5.